The molecule has 1 N–H and O–H groups in total. The standard InChI is InChI=1S/C12H16N2S/c1-2-13-7-3-4-10-5-6-12-11(8-10)14-9-15-12/h5-6,8-9,13H,2-4,7H2,1H3. The molecule has 0 atom stereocenters. The number of thiazole rings is 1. The maximum Gasteiger partial charge on any atom is 0.0814 e. The lowest BCUT2D eigenvalue weighted by molar-refractivity contribution is 0.673. The number of aryl methyl sites for hydroxylation is 1. The summed E-state index contributed by atoms with van der Waals surface area (Å²) in [5, 5.41) is 3.34. The second kappa shape index (κ2) is 5.24. The van der Waals surface area contributed by atoms with Crippen molar-refractivity contribution in [3.8, 4) is 0 Å². The van der Waals surface area contributed by atoms with E-state index in [1.807, 2.05) is 5.51 Å². The Labute approximate surface area is 94.3 Å². The summed E-state index contributed by atoms with van der Waals surface area (Å²) in [5.41, 5.74) is 4.44. The van der Waals surface area contributed by atoms with E-state index in [-0.39, 0.29) is 0 Å². The van der Waals surface area contributed by atoms with Crippen LogP contribution < -0.4 is 5.32 Å². The fourth-order valence-corrected chi connectivity index (χ4v) is 2.31. The highest BCUT2D eigenvalue weighted by atomic mass is 32.1. The monoisotopic (exact) mass is 220 g/mol. The van der Waals surface area contributed by atoms with Gasteiger partial charge in [0.05, 0.1) is 15.7 Å². The molecule has 0 fully saturated rings. The van der Waals surface area contributed by atoms with Gasteiger partial charge in [0.2, 0.25) is 0 Å². The lowest BCUT2D eigenvalue weighted by Gasteiger charge is -2.02. The maximum absolute atomic E-state index is 4.33. The lowest BCUT2D eigenvalue weighted by Crippen LogP contribution is -2.14. The van der Waals surface area contributed by atoms with Crippen molar-refractivity contribution in [3.63, 3.8) is 0 Å². The topological polar surface area (TPSA) is 24.9 Å². The molecule has 0 aliphatic rings. The molecular weight excluding hydrogens is 204 g/mol. The van der Waals surface area contributed by atoms with Crippen molar-refractivity contribution in [2.24, 2.45) is 0 Å². The van der Waals surface area contributed by atoms with Crippen LogP contribution in [-0.4, -0.2) is 18.1 Å². The van der Waals surface area contributed by atoms with E-state index in [1.54, 1.807) is 11.3 Å². The molecule has 2 rings (SSSR count). The molecule has 0 amide bonds. The molecule has 0 radical (unpaired) electrons. The molecule has 2 aromatic rings. The Morgan fingerprint density at radius 3 is 3.20 bits per heavy atom. The van der Waals surface area contributed by atoms with Gasteiger partial charge >= 0.3 is 0 Å². The van der Waals surface area contributed by atoms with Gasteiger partial charge in [-0.05, 0) is 43.6 Å². The number of hydrogen-bond acceptors (Lipinski definition) is 3. The van der Waals surface area contributed by atoms with Crippen LogP contribution in [0.4, 0.5) is 0 Å². The number of benzene rings is 1. The fourth-order valence-electron chi connectivity index (χ4n) is 1.65. The van der Waals surface area contributed by atoms with Crippen molar-refractivity contribution in [1.82, 2.24) is 10.3 Å². The second-order valence-corrected chi connectivity index (χ2v) is 4.50. The summed E-state index contributed by atoms with van der Waals surface area (Å²) in [6.07, 6.45) is 2.34. The predicted molar refractivity (Wildman–Crippen MR) is 66.5 cm³/mol. The predicted octanol–water partition coefficient (Wildman–Crippen LogP) is 2.84. The van der Waals surface area contributed by atoms with Gasteiger partial charge in [-0.2, -0.15) is 0 Å². The Morgan fingerprint density at radius 2 is 2.33 bits per heavy atom. The first-order chi connectivity index (χ1) is 7.40. The quantitative estimate of drug-likeness (QED) is 0.784. The van der Waals surface area contributed by atoms with Gasteiger partial charge in [-0.3, -0.25) is 0 Å². The largest absolute Gasteiger partial charge is 0.317 e. The minimum absolute atomic E-state index is 1.06. The summed E-state index contributed by atoms with van der Waals surface area (Å²) in [6.45, 7) is 4.30. The number of aromatic nitrogens is 1. The Hall–Kier alpha value is -0.930. The van der Waals surface area contributed by atoms with E-state index in [2.05, 4.69) is 35.4 Å². The highest BCUT2D eigenvalue weighted by Crippen LogP contribution is 2.19. The van der Waals surface area contributed by atoms with Gasteiger partial charge in [-0.25, -0.2) is 4.98 Å². The molecule has 2 nitrogen and oxygen atoms in total. The Morgan fingerprint density at radius 1 is 1.40 bits per heavy atom. The van der Waals surface area contributed by atoms with Crippen LogP contribution in [0.25, 0.3) is 10.2 Å². The average molecular weight is 220 g/mol. The molecular formula is C12H16N2S. The van der Waals surface area contributed by atoms with Crippen LogP contribution in [0.1, 0.15) is 18.9 Å². The molecule has 15 heavy (non-hydrogen) atoms. The van der Waals surface area contributed by atoms with Crippen LogP contribution in [-0.2, 0) is 6.42 Å². The van der Waals surface area contributed by atoms with E-state index < -0.39 is 0 Å². The van der Waals surface area contributed by atoms with Crippen molar-refractivity contribution < 1.29 is 0 Å². The van der Waals surface area contributed by atoms with E-state index in [0.717, 1.165) is 25.0 Å². The van der Waals surface area contributed by atoms with Gasteiger partial charge in [-0.1, -0.05) is 13.0 Å². The van der Waals surface area contributed by atoms with Gasteiger partial charge in [-0.15, -0.1) is 11.3 Å². The van der Waals surface area contributed by atoms with Crippen molar-refractivity contribution >= 4 is 21.6 Å². The van der Waals surface area contributed by atoms with Crippen LogP contribution in [0.5, 0.6) is 0 Å². The summed E-state index contributed by atoms with van der Waals surface area (Å²) in [7, 11) is 0. The lowest BCUT2D eigenvalue weighted by atomic mass is 10.1. The molecule has 3 heteroatoms. The number of nitrogens with zero attached hydrogens (tertiary/aromatic N) is 1. The molecule has 0 saturated heterocycles. The maximum atomic E-state index is 4.33. The molecule has 0 saturated carbocycles. The van der Waals surface area contributed by atoms with E-state index in [1.165, 1.54) is 16.7 Å². The zero-order chi connectivity index (χ0) is 10.5. The first-order valence-electron chi connectivity index (χ1n) is 5.43. The summed E-state index contributed by atoms with van der Waals surface area (Å²) in [4.78, 5) is 4.33. The number of nitrogens with one attached hydrogen (secondary N) is 1. The molecule has 0 spiro atoms. The van der Waals surface area contributed by atoms with Gasteiger partial charge in [0, 0.05) is 0 Å². The third kappa shape index (κ3) is 2.76. The first-order valence-corrected chi connectivity index (χ1v) is 6.31. The van der Waals surface area contributed by atoms with Crippen molar-refractivity contribution in [2.75, 3.05) is 13.1 Å². The van der Waals surface area contributed by atoms with Gasteiger partial charge < -0.3 is 5.32 Å². The van der Waals surface area contributed by atoms with Crippen LogP contribution >= 0.6 is 11.3 Å². The summed E-state index contributed by atoms with van der Waals surface area (Å²) in [6, 6.07) is 6.60. The molecule has 0 aliphatic heterocycles. The summed E-state index contributed by atoms with van der Waals surface area (Å²) < 4.78 is 1.28. The van der Waals surface area contributed by atoms with Crippen LogP contribution in [0.2, 0.25) is 0 Å². The minimum atomic E-state index is 1.06. The van der Waals surface area contributed by atoms with E-state index in [0.29, 0.717) is 0 Å². The third-order valence-corrected chi connectivity index (χ3v) is 3.27. The number of rotatable bonds is 5. The molecule has 0 bridgehead atoms. The SMILES string of the molecule is CCNCCCc1ccc2scnc2c1. The Kier molecular flexibility index (Phi) is 3.69. The minimum Gasteiger partial charge on any atom is -0.317 e. The Bertz CT molecular complexity index is 422. The first kappa shape index (κ1) is 10.6. The highest BCUT2D eigenvalue weighted by molar-refractivity contribution is 7.16. The number of fused-ring (bicyclic) bond motifs is 1. The van der Waals surface area contributed by atoms with Crippen molar-refractivity contribution in [2.45, 2.75) is 19.8 Å². The molecule has 1 aromatic carbocycles. The Balaban J connectivity index is 1.96. The van der Waals surface area contributed by atoms with Crippen LogP contribution in [0.15, 0.2) is 23.7 Å². The van der Waals surface area contributed by atoms with Gasteiger partial charge in [0.1, 0.15) is 0 Å². The average Bonchev–Trinajstić information content (AvgIpc) is 2.71. The number of hydrogen-bond donors (Lipinski definition) is 1. The highest BCUT2D eigenvalue weighted by Gasteiger charge is 1.98. The van der Waals surface area contributed by atoms with Gasteiger partial charge in [0.25, 0.3) is 0 Å². The van der Waals surface area contributed by atoms with Crippen LogP contribution in [0, 0.1) is 0 Å². The summed E-state index contributed by atoms with van der Waals surface area (Å²) >= 11 is 1.70. The fraction of sp³-hybridized carbons (Fsp3) is 0.417. The zero-order valence-corrected chi connectivity index (χ0v) is 9.81. The second-order valence-electron chi connectivity index (χ2n) is 3.61. The van der Waals surface area contributed by atoms with Crippen molar-refractivity contribution in [3.05, 3.63) is 29.3 Å². The smallest absolute Gasteiger partial charge is 0.0814 e. The van der Waals surface area contributed by atoms with E-state index in [4.69, 9.17) is 0 Å². The zero-order valence-electron chi connectivity index (χ0n) is 8.99. The molecule has 1 aromatic heterocycles. The van der Waals surface area contributed by atoms with Gasteiger partial charge in [0.15, 0.2) is 0 Å². The molecule has 1 heterocycles. The normalized spacial score (nSPS) is 11.0. The van der Waals surface area contributed by atoms with E-state index >= 15 is 0 Å². The summed E-state index contributed by atoms with van der Waals surface area (Å²) in [5.74, 6) is 0. The third-order valence-electron chi connectivity index (χ3n) is 2.46. The molecule has 80 valence electrons. The molecule has 0 aliphatic carbocycles. The van der Waals surface area contributed by atoms with E-state index in [9.17, 15) is 0 Å². The van der Waals surface area contributed by atoms with Crippen molar-refractivity contribution in [1.29, 1.82) is 0 Å². The molecule has 0 unspecified atom stereocenters. The van der Waals surface area contributed by atoms with Crippen LogP contribution in [0.3, 0.4) is 0 Å².